The molecular weight excluding hydrogens is 426 g/mol. The van der Waals surface area contributed by atoms with Crippen molar-refractivity contribution in [3.05, 3.63) is 83.1 Å². The molecule has 1 aliphatic rings. The molecule has 32 heavy (non-hydrogen) atoms. The maximum atomic E-state index is 13.4. The minimum atomic E-state index is -0.694. The minimum absolute atomic E-state index is 0.0170. The zero-order valence-electron chi connectivity index (χ0n) is 17.3. The van der Waals surface area contributed by atoms with Crippen molar-refractivity contribution in [1.29, 1.82) is 0 Å². The molecule has 1 atom stereocenters. The first-order valence-electron chi connectivity index (χ1n) is 10.3. The van der Waals surface area contributed by atoms with Crippen LogP contribution in [0.25, 0.3) is 11.0 Å². The van der Waals surface area contributed by atoms with Gasteiger partial charge in [0.1, 0.15) is 6.04 Å². The fraction of sp³-hybridized carbons (Fsp3) is 0.167. The van der Waals surface area contributed by atoms with E-state index in [4.69, 9.17) is 11.6 Å². The third-order valence-corrected chi connectivity index (χ3v) is 6.06. The van der Waals surface area contributed by atoms with E-state index >= 15 is 0 Å². The van der Waals surface area contributed by atoms with E-state index in [1.807, 2.05) is 54.0 Å². The Labute approximate surface area is 189 Å². The number of benzene rings is 2. The molecule has 1 aliphatic heterocycles. The highest BCUT2D eigenvalue weighted by atomic mass is 35.5. The van der Waals surface area contributed by atoms with Gasteiger partial charge in [-0.25, -0.2) is 4.98 Å². The SMILES string of the molecule is Cc1c(Cl)cccc1NC(=O)C[C@@H]1C(=O)N(Cc2ccccn2)c2nc3ccccc3n21. The molecule has 5 rings (SSSR count). The first kappa shape index (κ1) is 20.2. The highest BCUT2D eigenvalue weighted by Gasteiger charge is 2.41. The van der Waals surface area contributed by atoms with E-state index in [0.29, 0.717) is 16.7 Å². The van der Waals surface area contributed by atoms with Crippen LogP contribution in [0, 0.1) is 6.92 Å². The summed E-state index contributed by atoms with van der Waals surface area (Å²) in [5.41, 5.74) is 3.76. The van der Waals surface area contributed by atoms with Gasteiger partial charge >= 0.3 is 0 Å². The summed E-state index contributed by atoms with van der Waals surface area (Å²) in [6.45, 7) is 2.13. The molecule has 8 heteroatoms. The van der Waals surface area contributed by atoms with Gasteiger partial charge in [-0.3, -0.25) is 24.0 Å². The van der Waals surface area contributed by atoms with Crippen LogP contribution in [0.4, 0.5) is 11.6 Å². The first-order valence-corrected chi connectivity index (χ1v) is 10.6. The maximum absolute atomic E-state index is 13.4. The zero-order chi connectivity index (χ0) is 22.2. The van der Waals surface area contributed by atoms with E-state index in [9.17, 15) is 9.59 Å². The number of halogens is 1. The highest BCUT2D eigenvalue weighted by Crippen LogP contribution is 2.37. The molecule has 2 amide bonds. The fourth-order valence-corrected chi connectivity index (χ4v) is 4.19. The van der Waals surface area contributed by atoms with Crippen LogP contribution in [-0.2, 0) is 16.1 Å². The van der Waals surface area contributed by atoms with Crippen LogP contribution in [0.5, 0.6) is 0 Å². The number of nitrogens with zero attached hydrogens (tertiary/aromatic N) is 4. The molecule has 0 unspecified atom stereocenters. The number of imidazole rings is 1. The Morgan fingerprint density at radius 2 is 1.91 bits per heavy atom. The van der Waals surface area contributed by atoms with Gasteiger partial charge in [0.25, 0.3) is 5.91 Å². The lowest BCUT2D eigenvalue weighted by Crippen LogP contribution is -2.31. The molecule has 0 spiro atoms. The van der Waals surface area contributed by atoms with Gasteiger partial charge < -0.3 is 5.32 Å². The van der Waals surface area contributed by atoms with Gasteiger partial charge in [0.05, 0.1) is 29.7 Å². The number of hydrogen-bond acceptors (Lipinski definition) is 4. The summed E-state index contributed by atoms with van der Waals surface area (Å²) in [7, 11) is 0. The molecule has 2 aromatic carbocycles. The average molecular weight is 446 g/mol. The molecule has 0 saturated carbocycles. The van der Waals surface area contributed by atoms with E-state index in [1.54, 1.807) is 29.3 Å². The molecule has 0 saturated heterocycles. The minimum Gasteiger partial charge on any atom is -0.326 e. The summed E-state index contributed by atoms with van der Waals surface area (Å²) in [5.74, 6) is 0.0811. The Bertz CT molecular complexity index is 1330. The number of pyridine rings is 1. The maximum Gasteiger partial charge on any atom is 0.253 e. The molecule has 0 radical (unpaired) electrons. The topological polar surface area (TPSA) is 80.1 Å². The number of aromatic nitrogens is 3. The van der Waals surface area contributed by atoms with Crippen LogP contribution in [0.3, 0.4) is 0 Å². The van der Waals surface area contributed by atoms with Crippen LogP contribution in [0.15, 0.2) is 66.9 Å². The second-order valence-electron chi connectivity index (χ2n) is 7.70. The second-order valence-corrected chi connectivity index (χ2v) is 8.10. The number of anilines is 2. The molecule has 4 aromatic rings. The lowest BCUT2D eigenvalue weighted by atomic mass is 10.1. The van der Waals surface area contributed by atoms with Crippen molar-refractivity contribution in [3.8, 4) is 0 Å². The second kappa shape index (κ2) is 8.09. The number of amides is 2. The van der Waals surface area contributed by atoms with Crippen molar-refractivity contribution in [1.82, 2.24) is 14.5 Å². The van der Waals surface area contributed by atoms with Crippen molar-refractivity contribution < 1.29 is 9.59 Å². The number of nitrogens with one attached hydrogen (secondary N) is 1. The predicted octanol–water partition coefficient (Wildman–Crippen LogP) is 4.51. The summed E-state index contributed by atoms with van der Waals surface area (Å²) in [6, 6.07) is 17.8. The van der Waals surface area contributed by atoms with Crippen LogP contribution in [-0.4, -0.2) is 26.3 Å². The fourth-order valence-electron chi connectivity index (χ4n) is 4.02. The number of hydrogen-bond donors (Lipinski definition) is 1. The van der Waals surface area contributed by atoms with E-state index in [-0.39, 0.29) is 24.8 Å². The summed E-state index contributed by atoms with van der Waals surface area (Å²) in [6.07, 6.45) is 1.67. The summed E-state index contributed by atoms with van der Waals surface area (Å²) >= 11 is 6.17. The van der Waals surface area contributed by atoms with Gasteiger partial charge in [-0.1, -0.05) is 35.9 Å². The Kier molecular flexibility index (Phi) is 5.11. The van der Waals surface area contributed by atoms with Crippen LogP contribution < -0.4 is 10.2 Å². The van der Waals surface area contributed by atoms with E-state index in [1.165, 1.54) is 0 Å². The molecule has 1 N–H and O–H groups in total. The van der Waals surface area contributed by atoms with Crippen LogP contribution in [0.1, 0.15) is 23.7 Å². The molecule has 160 valence electrons. The number of carbonyl (C=O) groups excluding carboxylic acids is 2. The number of carbonyl (C=O) groups is 2. The quantitative estimate of drug-likeness (QED) is 0.490. The van der Waals surface area contributed by atoms with Crippen molar-refractivity contribution >= 4 is 46.1 Å². The van der Waals surface area contributed by atoms with E-state index in [0.717, 1.165) is 22.3 Å². The lowest BCUT2D eigenvalue weighted by Gasteiger charge is -2.16. The zero-order valence-corrected chi connectivity index (χ0v) is 18.1. The Hall–Kier alpha value is -3.71. The number of para-hydroxylation sites is 2. The van der Waals surface area contributed by atoms with Gasteiger partial charge in [0.2, 0.25) is 11.9 Å². The third kappa shape index (κ3) is 3.50. The number of rotatable bonds is 5. The van der Waals surface area contributed by atoms with Gasteiger partial charge in [-0.05, 0) is 48.9 Å². The molecule has 0 fully saturated rings. The van der Waals surface area contributed by atoms with Gasteiger partial charge in [0.15, 0.2) is 0 Å². The summed E-state index contributed by atoms with van der Waals surface area (Å²) < 4.78 is 1.85. The Morgan fingerprint density at radius 3 is 2.72 bits per heavy atom. The monoisotopic (exact) mass is 445 g/mol. The van der Waals surface area contributed by atoms with Gasteiger partial charge in [-0.15, -0.1) is 0 Å². The largest absolute Gasteiger partial charge is 0.326 e. The Morgan fingerprint density at radius 1 is 1.09 bits per heavy atom. The van der Waals surface area contributed by atoms with E-state index < -0.39 is 6.04 Å². The van der Waals surface area contributed by atoms with Crippen LogP contribution >= 0.6 is 11.6 Å². The van der Waals surface area contributed by atoms with Crippen LogP contribution in [0.2, 0.25) is 5.02 Å². The smallest absolute Gasteiger partial charge is 0.253 e. The molecule has 0 bridgehead atoms. The molecule has 3 heterocycles. The Balaban J connectivity index is 1.48. The standard InChI is InChI=1S/C24H20ClN5O2/c1-15-17(25)8-6-10-18(15)27-22(31)13-21-23(32)29(14-16-7-4-5-12-26-16)24-28-19-9-2-3-11-20(19)30(21)24/h2-12,21H,13-14H2,1H3,(H,27,31)/t21-/m1/s1. The molecular formula is C24H20ClN5O2. The molecule has 2 aromatic heterocycles. The van der Waals surface area contributed by atoms with Crippen molar-refractivity contribution in [2.75, 3.05) is 10.2 Å². The average Bonchev–Trinajstić information content (AvgIpc) is 3.28. The lowest BCUT2D eigenvalue weighted by molar-refractivity contribution is -0.124. The van der Waals surface area contributed by atoms with Gasteiger partial charge in [0, 0.05) is 16.9 Å². The van der Waals surface area contributed by atoms with E-state index in [2.05, 4.69) is 15.3 Å². The van der Waals surface area contributed by atoms with Crippen molar-refractivity contribution in [3.63, 3.8) is 0 Å². The predicted molar refractivity (Wildman–Crippen MR) is 124 cm³/mol. The third-order valence-electron chi connectivity index (χ3n) is 5.65. The first-order chi connectivity index (χ1) is 15.5. The molecule has 7 nitrogen and oxygen atoms in total. The summed E-state index contributed by atoms with van der Waals surface area (Å²) in [4.78, 5) is 37.0. The van der Waals surface area contributed by atoms with Gasteiger partial charge in [-0.2, -0.15) is 0 Å². The highest BCUT2D eigenvalue weighted by molar-refractivity contribution is 6.31. The van der Waals surface area contributed by atoms with Crippen molar-refractivity contribution in [2.24, 2.45) is 0 Å². The normalized spacial score (nSPS) is 15.2. The summed E-state index contributed by atoms with van der Waals surface area (Å²) in [5, 5.41) is 3.47. The van der Waals surface area contributed by atoms with Crippen molar-refractivity contribution in [2.45, 2.75) is 25.9 Å². The molecule has 0 aliphatic carbocycles. The number of fused-ring (bicyclic) bond motifs is 3.